The molecule has 0 aliphatic rings. The summed E-state index contributed by atoms with van der Waals surface area (Å²) in [5.41, 5.74) is 2.48. The summed E-state index contributed by atoms with van der Waals surface area (Å²) in [6, 6.07) is 8.60. The van der Waals surface area contributed by atoms with E-state index < -0.39 is 9.84 Å². The van der Waals surface area contributed by atoms with E-state index in [1.54, 1.807) is 0 Å². The van der Waals surface area contributed by atoms with Crippen molar-refractivity contribution in [2.24, 2.45) is 0 Å². The van der Waals surface area contributed by atoms with Crippen LogP contribution in [0.1, 0.15) is 30.5 Å². The van der Waals surface area contributed by atoms with Gasteiger partial charge in [-0.2, -0.15) is 0 Å². The fourth-order valence-corrected chi connectivity index (χ4v) is 2.38. The van der Waals surface area contributed by atoms with Gasteiger partial charge in [-0.1, -0.05) is 29.8 Å². The van der Waals surface area contributed by atoms with Gasteiger partial charge in [-0.3, -0.25) is 0 Å². The molecule has 0 saturated heterocycles. The Hall–Kier alpha value is -0.870. The van der Waals surface area contributed by atoms with Crippen LogP contribution in [-0.4, -0.2) is 27.0 Å². The highest BCUT2D eigenvalue weighted by atomic mass is 32.2. The number of benzene rings is 1. The van der Waals surface area contributed by atoms with Gasteiger partial charge in [-0.05, 0) is 32.4 Å². The van der Waals surface area contributed by atoms with Gasteiger partial charge in [0.2, 0.25) is 0 Å². The summed E-state index contributed by atoms with van der Waals surface area (Å²) in [6.07, 6.45) is 1.94. The van der Waals surface area contributed by atoms with Crippen molar-refractivity contribution < 1.29 is 8.42 Å². The van der Waals surface area contributed by atoms with Gasteiger partial charge in [-0.25, -0.2) is 8.42 Å². The first-order valence-corrected chi connectivity index (χ1v) is 7.92. The first-order chi connectivity index (χ1) is 7.88. The molecule has 0 radical (unpaired) electrons. The molecule has 0 fully saturated rings. The topological polar surface area (TPSA) is 46.2 Å². The van der Waals surface area contributed by atoms with Crippen molar-refractivity contribution in [2.75, 3.05) is 18.6 Å². The maximum Gasteiger partial charge on any atom is 0.147 e. The third-order valence-electron chi connectivity index (χ3n) is 2.68. The normalized spacial score (nSPS) is 13.6. The number of hydrogen-bond acceptors (Lipinski definition) is 3. The van der Waals surface area contributed by atoms with E-state index in [9.17, 15) is 8.42 Å². The molecule has 1 aromatic rings. The standard InChI is InChI=1S/C13H21NO2S/c1-11-6-4-7-13(10-11)12(2)14-8-5-9-17(3,15)16/h4,6-7,10,12,14H,5,8-9H2,1-3H3. The van der Waals surface area contributed by atoms with Gasteiger partial charge in [0, 0.05) is 12.3 Å². The second-order valence-corrected chi connectivity index (χ2v) is 6.83. The largest absolute Gasteiger partial charge is 0.310 e. The molecule has 1 aromatic carbocycles. The molecule has 1 N–H and O–H groups in total. The maximum absolute atomic E-state index is 11.0. The second-order valence-electron chi connectivity index (χ2n) is 4.57. The Labute approximate surface area is 104 Å². The van der Waals surface area contributed by atoms with Crippen molar-refractivity contribution in [1.82, 2.24) is 5.32 Å². The quantitative estimate of drug-likeness (QED) is 0.792. The fraction of sp³-hybridized carbons (Fsp3) is 0.538. The average Bonchev–Trinajstić information content (AvgIpc) is 2.23. The van der Waals surface area contributed by atoms with Crippen LogP contribution >= 0.6 is 0 Å². The third kappa shape index (κ3) is 5.84. The summed E-state index contributed by atoms with van der Waals surface area (Å²) in [7, 11) is -2.83. The van der Waals surface area contributed by atoms with Gasteiger partial charge >= 0.3 is 0 Å². The summed E-state index contributed by atoms with van der Waals surface area (Å²) >= 11 is 0. The average molecular weight is 255 g/mol. The van der Waals surface area contributed by atoms with E-state index in [2.05, 4.69) is 37.4 Å². The number of sulfone groups is 1. The van der Waals surface area contributed by atoms with Gasteiger partial charge in [0.25, 0.3) is 0 Å². The molecule has 1 atom stereocenters. The molecule has 0 aliphatic heterocycles. The lowest BCUT2D eigenvalue weighted by molar-refractivity contribution is 0.562. The number of rotatable bonds is 6. The minimum Gasteiger partial charge on any atom is -0.310 e. The monoisotopic (exact) mass is 255 g/mol. The zero-order valence-electron chi connectivity index (χ0n) is 10.7. The lowest BCUT2D eigenvalue weighted by Crippen LogP contribution is -2.21. The third-order valence-corrected chi connectivity index (χ3v) is 3.71. The molecular formula is C13H21NO2S. The Morgan fingerprint density at radius 1 is 1.35 bits per heavy atom. The van der Waals surface area contributed by atoms with E-state index >= 15 is 0 Å². The summed E-state index contributed by atoms with van der Waals surface area (Å²) in [5, 5.41) is 3.33. The molecule has 3 nitrogen and oxygen atoms in total. The minimum absolute atomic E-state index is 0.251. The van der Waals surface area contributed by atoms with Crippen LogP contribution in [0.4, 0.5) is 0 Å². The zero-order valence-corrected chi connectivity index (χ0v) is 11.5. The lowest BCUT2D eigenvalue weighted by Gasteiger charge is -2.14. The van der Waals surface area contributed by atoms with Crippen molar-refractivity contribution in [3.8, 4) is 0 Å². The fourth-order valence-electron chi connectivity index (χ4n) is 1.71. The highest BCUT2D eigenvalue weighted by Crippen LogP contribution is 2.13. The van der Waals surface area contributed by atoms with Crippen LogP contribution in [0, 0.1) is 6.92 Å². The zero-order chi connectivity index (χ0) is 12.9. The maximum atomic E-state index is 11.0. The summed E-state index contributed by atoms with van der Waals surface area (Å²) in [4.78, 5) is 0. The summed E-state index contributed by atoms with van der Waals surface area (Å²) in [6.45, 7) is 4.89. The van der Waals surface area contributed by atoms with Gasteiger partial charge in [0.1, 0.15) is 9.84 Å². The van der Waals surface area contributed by atoms with E-state index in [1.165, 1.54) is 17.4 Å². The van der Waals surface area contributed by atoms with Gasteiger partial charge < -0.3 is 5.32 Å². The van der Waals surface area contributed by atoms with Crippen molar-refractivity contribution in [2.45, 2.75) is 26.3 Å². The molecular weight excluding hydrogens is 234 g/mol. The van der Waals surface area contributed by atoms with Gasteiger partial charge in [-0.15, -0.1) is 0 Å². The minimum atomic E-state index is -2.83. The summed E-state index contributed by atoms with van der Waals surface area (Å²) < 4.78 is 21.9. The second kappa shape index (κ2) is 6.17. The van der Waals surface area contributed by atoms with Crippen LogP contribution in [0.5, 0.6) is 0 Å². The van der Waals surface area contributed by atoms with Gasteiger partial charge in [0.15, 0.2) is 0 Å². The van der Waals surface area contributed by atoms with E-state index in [0.717, 1.165) is 6.54 Å². The van der Waals surface area contributed by atoms with Crippen LogP contribution in [0.15, 0.2) is 24.3 Å². The number of nitrogens with one attached hydrogen (secondary N) is 1. The smallest absolute Gasteiger partial charge is 0.147 e. The lowest BCUT2D eigenvalue weighted by atomic mass is 10.1. The molecule has 0 amide bonds. The van der Waals surface area contributed by atoms with Crippen molar-refractivity contribution in [3.05, 3.63) is 35.4 Å². The Balaban J connectivity index is 2.38. The van der Waals surface area contributed by atoms with E-state index in [4.69, 9.17) is 0 Å². The molecule has 0 aromatic heterocycles. The SMILES string of the molecule is Cc1cccc(C(C)NCCCS(C)(=O)=O)c1. The Bertz CT molecular complexity index is 454. The van der Waals surface area contributed by atoms with Crippen LogP contribution in [-0.2, 0) is 9.84 Å². The molecule has 1 unspecified atom stereocenters. The first-order valence-electron chi connectivity index (χ1n) is 5.86. The Morgan fingerprint density at radius 2 is 2.06 bits per heavy atom. The van der Waals surface area contributed by atoms with Crippen LogP contribution in [0.3, 0.4) is 0 Å². The summed E-state index contributed by atoms with van der Waals surface area (Å²) in [5.74, 6) is 0.251. The predicted molar refractivity (Wildman–Crippen MR) is 71.9 cm³/mol. The van der Waals surface area contributed by atoms with Crippen molar-refractivity contribution >= 4 is 9.84 Å². The molecule has 0 saturated carbocycles. The molecule has 0 bridgehead atoms. The molecule has 4 heteroatoms. The highest BCUT2D eigenvalue weighted by molar-refractivity contribution is 7.90. The number of hydrogen-bond donors (Lipinski definition) is 1. The van der Waals surface area contributed by atoms with Crippen molar-refractivity contribution in [3.63, 3.8) is 0 Å². The first kappa shape index (κ1) is 14.2. The highest BCUT2D eigenvalue weighted by Gasteiger charge is 2.05. The number of aryl methyl sites for hydroxylation is 1. The van der Waals surface area contributed by atoms with Crippen LogP contribution in [0.2, 0.25) is 0 Å². The molecule has 1 rings (SSSR count). The molecule has 96 valence electrons. The van der Waals surface area contributed by atoms with E-state index in [0.29, 0.717) is 6.42 Å². The van der Waals surface area contributed by atoms with E-state index in [1.807, 2.05) is 6.07 Å². The molecule has 0 spiro atoms. The van der Waals surface area contributed by atoms with Crippen LogP contribution in [0.25, 0.3) is 0 Å². The Kier molecular flexibility index (Phi) is 5.15. The predicted octanol–water partition coefficient (Wildman–Crippen LogP) is 2.08. The van der Waals surface area contributed by atoms with Crippen LogP contribution < -0.4 is 5.32 Å². The Morgan fingerprint density at radius 3 is 2.65 bits per heavy atom. The molecule has 0 aliphatic carbocycles. The van der Waals surface area contributed by atoms with E-state index in [-0.39, 0.29) is 11.8 Å². The van der Waals surface area contributed by atoms with Crippen molar-refractivity contribution in [1.29, 1.82) is 0 Å². The van der Waals surface area contributed by atoms with Gasteiger partial charge in [0.05, 0.1) is 5.75 Å². The molecule has 0 heterocycles. The molecule has 17 heavy (non-hydrogen) atoms.